The van der Waals surface area contributed by atoms with Crippen LogP contribution in [0.4, 0.5) is 0 Å². The third-order valence-electron chi connectivity index (χ3n) is 5.59. The molecule has 3 heterocycles. The highest BCUT2D eigenvalue weighted by atomic mass is 35.5. The lowest BCUT2D eigenvalue weighted by Crippen LogP contribution is -2.36. The van der Waals surface area contributed by atoms with Crippen LogP contribution in [-0.2, 0) is 11.3 Å². The number of thioether (sulfide) groups is 1. The van der Waals surface area contributed by atoms with Crippen LogP contribution in [0.15, 0.2) is 26.1 Å². The minimum atomic E-state index is 0.103. The molecule has 0 N–H and O–H groups in total. The fourth-order valence-electron chi connectivity index (χ4n) is 3.76. The highest BCUT2D eigenvalue weighted by Crippen LogP contribution is 2.32. The molecule has 11 heteroatoms. The van der Waals surface area contributed by atoms with Gasteiger partial charge in [0.15, 0.2) is 5.82 Å². The van der Waals surface area contributed by atoms with Crippen molar-refractivity contribution in [1.29, 1.82) is 0 Å². The standard InChI is InChI=1S/C22H25Cl2N5O3S/c1-13-9-18(17(24)10-16(13)23)33-12-20(30)29-6-4-5-28(7-8-29)11-19-25-22(32-27-19)21-14(2)26-31-15(21)3/h9-10H,4-8,11-12H2,1-3H3. The minimum absolute atomic E-state index is 0.103. The predicted molar refractivity (Wildman–Crippen MR) is 128 cm³/mol. The summed E-state index contributed by atoms with van der Waals surface area (Å²) in [6.07, 6.45) is 0.881. The van der Waals surface area contributed by atoms with E-state index in [0.29, 0.717) is 46.4 Å². The van der Waals surface area contributed by atoms with Crippen LogP contribution < -0.4 is 0 Å². The van der Waals surface area contributed by atoms with E-state index in [-0.39, 0.29) is 5.91 Å². The van der Waals surface area contributed by atoms with Crippen LogP contribution in [-0.4, -0.2) is 62.9 Å². The number of nitrogens with zero attached hydrogens (tertiary/aromatic N) is 5. The molecule has 3 aromatic rings. The van der Waals surface area contributed by atoms with Crippen molar-refractivity contribution in [2.24, 2.45) is 0 Å². The molecule has 1 fully saturated rings. The van der Waals surface area contributed by atoms with E-state index in [1.54, 1.807) is 6.07 Å². The van der Waals surface area contributed by atoms with Gasteiger partial charge in [-0.2, -0.15) is 4.98 Å². The van der Waals surface area contributed by atoms with E-state index in [9.17, 15) is 4.79 Å². The van der Waals surface area contributed by atoms with Crippen molar-refractivity contribution in [1.82, 2.24) is 25.1 Å². The molecule has 8 nitrogen and oxygen atoms in total. The molecule has 0 radical (unpaired) electrons. The number of aryl methyl sites for hydroxylation is 3. The Morgan fingerprint density at radius 3 is 2.64 bits per heavy atom. The summed E-state index contributed by atoms with van der Waals surface area (Å²) in [7, 11) is 0. The van der Waals surface area contributed by atoms with E-state index in [1.807, 2.05) is 31.7 Å². The molecule has 4 rings (SSSR count). The van der Waals surface area contributed by atoms with Gasteiger partial charge in [0, 0.05) is 36.1 Å². The van der Waals surface area contributed by atoms with E-state index < -0.39 is 0 Å². The number of amides is 1. The summed E-state index contributed by atoms with van der Waals surface area (Å²) >= 11 is 13.8. The lowest BCUT2D eigenvalue weighted by Gasteiger charge is -2.21. The Bertz CT molecular complexity index is 1130. The van der Waals surface area contributed by atoms with Gasteiger partial charge in [0.2, 0.25) is 5.91 Å². The highest BCUT2D eigenvalue weighted by molar-refractivity contribution is 8.00. The maximum atomic E-state index is 12.8. The minimum Gasteiger partial charge on any atom is -0.361 e. The van der Waals surface area contributed by atoms with Crippen molar-refractivity contribution in [2.75, 3.05) is 31.9 Å². The Kier molecular flexibility index (Phi) is 7.63. The second-order valence-electron chi connectivity index (χ2n) is 8.05. The second-order valence-corrected chi connectivity index (χ2v) is 9.88. The third kappa shape index (κ3) is 5.71. The van der Waals surface area contributed by atoms with Crippen LogP contribution in [0.3, 0.4) is 0 Å². The van der Waals surface area contributed by atoms with Crippen LogP contribution >= 0.6 is 35.0 Å². The van der Waals surface area contributed by atoms with Gasteiger partial charge in [0.1, 0.15) is 11.3 Å². The highest BCUT2D eigenvalue weighted by Gasteiger charge is 2.23. The maximum Gasteiger partial charge on any atom is 0.263 e. The van der Waals surface area contributed by atoms with E-state index in [2.05, 4.69) is 20.2 Å². The molecular formula is C22H25Cl2N5O3S. The fourth-order valence-corrected chi connectivity index (χ4v) is 5.22. The fraction of sp³-hybridized carbons (Fsp3) is 0.455. The van der Waals surface area contributed by atoms with Crippen LogP contribution in [0, 0.1) is 20.8 Å². The predicted octanol–water partition coefficient (Wildman–Crippen LogP) is 4.78. The topological polar surface area (TPSA) is 88.5 Å². The van der Waals surface area contributed by atoms with E-state index in [1.165, 1.54) is 11.8 Å². The number of hydrogen-bond acceptors (Lipinski definition) is 8. The summed E-state index contributed by atoms with van der Waals surface area (Å²) in [5, 5.41) is 9.25. The number of benzene rings is 1. The van der Waals surface area contributed by atoms with Crippen molar-refractivity contribution in [3.8, 4) is 11.5 Å². The SMILES string of the molecule is Cc1cc(SCC(=O)N2CCCN(Cc3noc(-c4c(C)noc4C)n3)CC2)c(Cl)cc1Cl. The molecule has 1 aliphatic heterocycles. The first-order chi connectivity index (χ1) is 15.8. The zero-order valence-corrected chi connectivity index (χ0v) is 21.1. The van der Waals surface area contributed by atoms with E-state index >= 15 is 0 Å². The first kappa shape index (κ1) is 24.1. The number of aromatic nitrogens is 3. The average molecular weight is 510 g/mol. The van der Waals surface area contributed by atoms with Crippen LogP contribution in [0.1, 0.15) is 29.3 Å². The number of carbonyl (C=O) groups excluding carboxylic acids is 1. The van der Waals surface area contributed by atoms with Gasteiger partial charge >= 0.3 is 0 Å². The van der Waals surface area contributed by atoms with Crippen molar-refractivity contribution in [2.45, 2.75) is 38.6 Å². The molecule has 33 heavy (non-hydrogen) atoms. The molecule has 1 aliphatic rings. The molecule has 0 atom stereocenters. The lowest BCUT2D eigenvalue weighted by molar-refractivity contribution is -0.128. The van der Waals surface area contributed by atoms with Crippen LogP contribution in [0.25, 0.3) is 11.5 Å². The Balaban J connectivity index is 1.31. The molecule has 1 amide bonds. The van der Waals surface area contributed by atoms with Crippen LogP contribution in [0.2, 0.25) is 10.0 Å². The first-order valence-corrected chi connectivity index (χ1v) is 12.4. The van der Waals surface area contributed by atoms with Gasteiger partial charge < -0.3 is 13.9 Å². The summed E-state index contributed by atoms with van der Waals surface area (Å²) in [5.41, 5.74) is 2.41. The van der Waals surface area contributed by atoms with Gasteiger partial charge in [-0.25, -0.2) is 0 Å². The van der Waals surface area contributed by atoms with Crippen molar-refractivity contribution >= 4 is 40.9 Å². The van der Waals surface area contributed by atoms with Crippen molar-refractivity contribution in [3.63, 3.8) is 0 Å². The zero-order valence-electron chi connectivity index (χ0n) is 18.7. The molecular weight excluding hydrogens is 485 g/mol. The molecule has 2 aromatic heterocycles. The lowest BCUT2D eigenvalue weighted by atomic mass is 10.2. The quantitative estimate of drug-likeness (QED) is 0.438. The molecule has 1 aromatic carbocycles. The summed E-state index contributed by atoms with van der Waals surface area (Å²) in [6, 6.07) is 3.65. The molecule has 0 bridgehead atoms. The number of carbonyl (C=O) groups is 1. The Morgan fingerprint density at radius 1 is 1.06 bits per heavy atom. The molecule has 0 saturated carbocycles. The number of rotatable bonds is 6. The first-order valence-electron chi connectivity index (χ1n) is 10.7. The Hall–Kier alpha value is -2.07. The normalized spacial score (nSPS) is 15.1. The molecule has 0 unspecified atom stereocenters. The zero-order chi connectivity index (χ0) is 23.5. The summed E-state index contributed by atoms with van der Waals surface area (Å²) in [4.78, 5) is 22.3. The van der Waals surface area contributed by atoms with E-state index in [0.717, 1.165) is 47.8 Å². The number of hydrogen-bond donors (Lipinski definition) is 0. The smallest absolute Gasteiger partial charge is 0.263 e. The van der Waals surface area contributed by atoms with Crippen molar-refractivity contribution in [3.05, 3.63) is 45.0 Å². The van der Waals surface area contributed by atoms with Gasteiger partial charge in [-0.3, -0.25) is 9.69 Å². The third-order valence-corrected chi connectivity index (χ3v) is 7.46. The van der Waals surface area contributed by atoms with Gasteiger partial charge in [-0.15, -0.1) is 11.8 Å². The second kappa shape index (κ2) is 10.5. The largest absolute Gasteiger partial charge is 0.361 e. The van der Waals surface area contributed by atoms with Gasteiger partial charge in [-0.1, -0.05) is 33.5 Å². The van der Waals surface area contributed by atoms with Gasteiger partial charge in [0.25, 0.3) is 5.89 Å². The maximum absolute atomic E-state index is 12.8. The Labute approximate surface area is 206 Å². The summed E-state index contributed by atoms with van der Waals surface area (Å²) in [5.74, 6) is 2.12. The van der Waals surface area contributed by atoms with Crippen LogP contribution in [0.5, 0.6) is 0 Å². The van der Waals surface area contributed by atoms with Gasteiger partial charge in [0.05, 0.1) is 23.0 Å². The van der Waals surface area contributed by atoms with Crippen molar-refractivity contribution < 1.29 is 13.8 Å². The Morgan fingerprint density at radius 2 is 1.88 bits per heavy atom. The number of halogens is 2. The monoisotopic (exact) mass is 509 g/mol. The summed E-state index contributed by atoms with van der Waals surface area (Å²) < 4.78 is 10.6. The van der Waals surface area contributed by atoms with Gasteiger partial charge in [-0.05, 0) is 44.9 Å². The molecule has 0 aliphatic carbocycles. The molecule has 0 spiro atoms. The molecule has 176 valence electrons. The van der Waals surface area contributed by atoms with E-state index in [4.69, 9.17) is 32.2 Å². The average Bonchev–Trinajstić information content (AvgIpc) is 3.27. The summed E-state index contributed by atoms with van der Waals surface area (Å²) in [6.45, 7) is 9.12. The molecule has 1 saturated heterocycles.